The molecule has 8 heteroatoms. The Morgan fingerprint density at radius 3 is 3.04 bits per heavy atom. The van der Waals surface area contributed by atoms with Crippen molar-refractivity contribution < 1.29 is 4.52 Å². The number of thiophene rings is 1. The van der Waals surface area contributed by atoms with Crippen molar-refractivity contribution in [2.24, 2.45) is 10.7 Å². The molecular formula is C15H16N6OS. The van der Waals surface area contributed by atoms with Crippen LogP contribution in [0, 0.1) is 0 Å². The van der Waals surface area contributed by atoms with Gasteiger partial charge in [-0.2, -0.15) is 5.10 Å². The van der Waals surface area contributed by atoms with Gasteiger partial charge in [0, 0.05) is 12.1 Å². The minimum Gasteiger partial charge on any atom is -0.385 e. The average molecular weight is 328 g/mol. The summed E-state index contributed by atoms with van der Waals surface area (Å²) in [6.45, 7) is 4.57. The van der Waals surface area contributed by atoms with Crippen LogP contribution in [0.15, 0.2) is 33.1 Å². The fourth-order valence-electron chi connectivity index (χ4n) is 2.57. The van der Waals surface area contributed by atoms with Crippen LogP contribution in [0.2, 0.25) is 0 Å². The Balaban J connectivity index is 1.93. The molecule has 7 nitrogen and oxygen atoms in total. The second kappa shape index (κ2) is 5.24. The molecule has 0 amide bonds. The average Bonchev–Trinajstić information content (AvgIpc) is 3.25. The molecule has 3 aromatic heterocycles. The molecule has 118 valence electrons. The number of nitrogens with one attached hydrogen (secondary N) is 1. The lowest BCUT2D eigenvalue weighted by molar-refractivity contribution is 0.435. The van der Waals surface area contributed by atoms with Gasteiger partial charge in [-0.05, 0) is 25.3 Å². The van der Waals surface area contributed by atoms with Crippen LogP contribution in [-0.4, -0.2) is 21.6 Å². The van der Waals surface area contributed by atoms with E-state index in [1.807, 2.05) is 28.3 Å². The Bertz CT molecular complexity index is 966. The van der Waals surface area contributed by atoms with Crippen molar-refractivity contribution in [2.45, 2.75) is 19.9 Å². The molecule has 0 unspecified atom stereocenters. The summed E-state index contributed by atoms with van der Waals surface area (Å²) in [6.07, 6.45) is 0. The molecule has 0 saturated carbocycles. The van der Waals surface area contributed by atoms with E-state index in [0.29, 0.717) is 23.9 Å². The van der Waals surface area contributed by atoms with Crippen molar-refractivity contribution in [1.82, 2.24) is 20.3 Å². The first-order chi connectivity index (χ1) is 11.1. The van der Waals surface area contributed by atoms with Crippen LogP contribution in [0.1, 0.15) is 19.9 Å². The molecular weight excluding hydrogens is 312 g/mol. The summed E-state index contributed by atoms with van der Waals surface area (Å²) < 4.78 is 7.34. The van der Waals surface area contributed by atoms with E-state index in [-0.39, 0.29) is 6.04 Å². The highest BCUT2D eigenvalue weighted by Gasteiger charge is 2.20. The molecule has 3 N–H and O–H groups in total. The van der Waals surface area contributed by atoms with Crippen LogP contribution in [0.5, 0.6) is 0 Å². The fourth-order valence-corrected chi connectivity index (χ4v) is 3.25. The van der Waals surface area contributed by atoms with Crippen LogP contribution in [0.3, 0.4) is 0 Å². The van der Waals surface area contributed by atoms with E-state index >= 15 is 0 Å². The molecule has 1 aliphatic rings. The minimum atomic E-state index is 0.177. The molecule has 0 aliphatic carbocycles. The Morgan fingerprint density at radius 2 is 2.30 bits per heavy atom. The summed E-state index contributed by atoms with van der Waals surface area (Å²) in [6, 6.07) is 6.04. The lowest BCUT2D eigenvalue weighted by Crippen LogP contribution is -2.43. The highest BCUT2D eigenvalue weighted by molar-refractivity contribution is 7.13. The number of hydrogen-bond acceptors (Lipinski definition) is 7. The standard InChI is InChI=1S/C15H16N6OS/c1-8(2)21-15-12(14(16)17-7-18-15)13(19-21)9-6-10(22-20-9)11-4-3-5-23-11/h3-6,8,17H,7,16H2,1-2H3. The summed E-state index contributed by atoms with van der Waals surface area (Å²) in [7, 11) is 0. The van der Waals surface area contributed by atoms with Gasteiger partial charge < -0.3 is 15.6 Å². The van der Waals surface area contributed by atoms with Crippen LogP contribution < -0.4 is 21.8 Å². The Hall–Kier alpha value is -2.61. The summed E-state index contributed by atoms with van der Waals surface area (Å²) in [5, 5.41) is 14.7. The summed E-state index contributed by atoms with van der Waals surface area (Å²) in [5.41, 5.74) is 8.27. The zero-order valence-corrected chi connectivity index (χ0v) is 13.6. The lowest BCUT2D eigenvalue weighted by Gasteiger charge is -2.08. The van der Waals surface area contributed by atoms with Crippen molar-refractivity contribution in [3.05, 3.63) is 34.3 Å². The SMILES string of the molecule is CC(C)n1nc(-c2cc(-c3cccs3)on2)c2c1=NCNC=2N. The molecule has 0 bridgehead atoms. The van der Waals surface area contributed by atoms with Gasteiger partial charge in [0.25, 0.3) is 0 Å². The summed E-state index contributed by atoms with van der Waals surface area (Å²) in [4.78, 5) is 5.53. The van der Waals surface area contributed by atoms with Crippen molar-refractivity contribution in [1.29, 1.82) is 0 Å². The van der Waals surface area contributed by atoms with Crippen LogP contribution in [-0.2, 0) is 0 Å². The maximum absolute atomic E-state index is 6.14. The predicted octanol–water partition coefficient (Wildman–Crippen LogP) is 1.05. The van der Waals surface area contributed by atoms with Gasteiger partial charge in [-0.15, -0.1) is 11.3 Å². The molecule has 4 heterocycles. The van der Waals surface area contributed by atoms with Gasteiger partial charge in [-0.25, -0.2) is 9.67 Å². The first-order valence-electron chi connectivity index (χ1n) is 7.32. The normalized spacial score (nSPS) is 13.8. The van der Waals surface area contributed by atoms with Crippen LogP contribution in [0.4, 0.5) is 0 Å². The van der Waals surface area contributed by atoms with Gasteiger partial charge in [0.15, 0.2) is 11.2 Å². The van der Waals surface area contributed by atoms with Gasteiger partial charge in [-0.3, -0.25) is 0 Å². The van der Waals surface area contributed by atoms with E-state index in [1.54, 1.807) is 11.3 Å². The third-order valence-corrected chi connectivity index (χ3v) is 4.54. The van der Waals surface area contributed by atoms with Crippen molar-refractivity contribution in [3.63, 3.8) is 0 Å². The number of rotatable bonds is 3. The highest BCUT2D eigenvalue weighted by atomic mass is 32.1. The largest absolute Gasteiger partial charge is 0.385 e. The molecule has 0 fully saturated rings. The molecule has 0 spiro atoms. The molecule has 3 aromatic rings. The maximum atomic E-state index is 6.14. The van der Waals surface area contributed by atoms with Gasteiger partial charge >= 0.3 is 0 Å². The maximum Gasteiger partial charge on any atom is 0.177 e. The van der Waals surface area contributed by atoms with Gasteiger partial charge in [0.2, 0.25) is 0 Å². The Morgan fingerprint density at radius 1 is 1.43 bits per heavy atom. The van der Waals surface area contributed by atoms with E-state index in [4.69, 9.17) is 10.3 Å². The van der Waals surface area contributed by atoms with Crippen LogP contribution in [0.25, 0.3) is 27.8 Å². The third kappa shape index (κ3) is 2.22. The molecule has 0 atom stereocenters. The van der Waals surface area contributed by atoms with E-state index in [2.05, 4.69) is 34.4 Å². The summed E-state index contributed by atoms with van der Waals surface area (Å²) in [5.74, 6) is 1.29. The Kier molecular flexibility index (Phi) is 3.19. The zero-order valence-electron chi connectivity index (χ0n) is 12.8. The topological polar surface area (TPSA) is 94.3 Å². The van der Waals surface area contributed by atoms with E-state index in [1.165, 1.54) is 0 Å². The first kappa shape index (κ1) is 14.0. The Labute approximate surface area is 136 Å². The van der Waals surface area contributed by atoms with E-state index < -0.39 is 0 Å². The lowest BCUT2D eigenvalue weighted by atomic mass is 10.2. The smallest absolute Gasteiger partial charge is 0.177 e. The monoisotopic (exact) mass is 328 g/mol. The highest BCUT2D eigenvalue weighted by Crippen LogP contribution is 2.27. The van der Waals surface area contributed by atoms with Gasteiger partial charge in [0.05, 0.1) is 10.1 Å². The molecule has 0 aromatic carbocycles. The van der Waals surface area contributed by atoms with Crippen molar-refractivity contribution in [3.8, 4) is 22.0 Å². The third-order valence-electron chi connectivity index (χ3n) is 3.66. The van der Waals surface area contributed by atoms with Crippen molar-refractivity contribution >= 4 is 17.2 Å². The van der Waals surface area contributed by atoms with Crippen molar-refractivity contribution in [2.75, 3.05) is 6.67 Å². The van der Waals surface area contributed by atoms with E-state index in [9.17, 15) is 0 Å². The number of fused-ring (bicyclic) bond motifs is 1. The minimum absolute atomic E-state index is 0.177. The predicted molar refractivity (Wildman–Crippen MR) is 87.8 cm³/mol. The summed E-state index contributed by atoms with van der Waals surface area (Å²) >= 11 is 1.60. The quantitative estimate of drug-likeness (QED) is 0.749. The number of nitrogens with two attached hydrogens (primary N) is 1. The number of aromatic nitrogens is 3. The molecule has 4 rings (SSSR count). The zero-order chi connectivity index (χ0) is 16.0. The fraction of sp³-hybridized carbons (Fsp3) is 0.267. The van der Waals surface area contributed by atoms with Gasteiger partial charge in [-0.1, -0.05) is 11.2 Å². The molecule has 1 aliphatic heterocycles. The van der Waals surface area contributed by atoms with Gasteiger partial charge in [0.1, 0.15) is 23.9 Å². The first-order valence-corrected chi connectivity index (χ1v) is 8.20. The van der Waals surface area contributed by atoms with E-state index in [0.717, 1.165) is 21.3 Å². The molecule has 23 heavy (non-hydrogen) atoms. The molecule has 0 radical (unpaired) electrons. The second-order valence-corrected chi connectivity index (χ2v) is 6.49. The van der Waals surface area contributed by atoms with Crippen LogP contribution >= 0.6 is 11.3 Å². The number of nitrogens with zero attached hydrogens (tertiary/aromatic N) is 4. The molecule has 0 saturated heterocycles. The second-order valence-electron chi connectivity index (χ2n) is 5.55. The number of hydrogen-bond donors (Lipinski definition) is 2.